The molecule has 0 saturated heterocycles. The van der Waals surface area contributed by atoms with Crippen molar-refractivity contribution in [2.45, 2.75) is 52.6 Å². The van der Waals surface area contributed by atoms with Gasteiger partial charge in [-0.25, -0.2) is 0 Å². The van der Waals surface area contributed by atoms with Crippen molar-refractivity contribution < 1.29 is 24.3 Å². The van der Waals surface area contributed by atoms with Crippen LogP contribution in [0.15, 0.2) is 35.0 Å². The van der Waals surface area contributed by atoms with Gasteiger partial charge in [0.25, 0.3) is 5.89 Å². The van der Waals surface area contributed by atoms with Crippen LogP contribution in [0.4, 0.5) is 0 Å². The average molecular weight is 469 g/mol. The highest BCUT2D eigenvalue weighted by atomic mass is 16.5. The summed E-state index contributed by atoms with van der Waals surface area (Å²) in [5.74, 6) is 1.06. The Labute approximate surface area is 199 Å². The molecule has 0 aliphatic carbocycles. The van der Waals surface area contributed by atoms with Crippen LogP contribution in [0.25, 0.3) is 22.8 Å². The van der Waals surface area contributed by atoms with Crippen LogP contribution < -0.4 is 10.1 Å². The van der Waals surface area contributed by atoms with Gasteiger partial charge >= 0.3 is 0 Å². The first-order valence-electron chi connectivity index (χ1n) is 11.6. The van der Waals surface area contributed by atoms with Gasteiger partial charge in [0.15, 0.2) is 0 Å². The van der Waals surface area contributed by atoms with Crippen LogP contribution in [0.1, 0.15) is 43.5 Å². The molecule has 0 unspecified atom stereocenters. The largest absolute Gasteiger partial charge is 0.490 e. The number of aliphatic hydroxyl groups excluding tert-OH is 2. The van der Waals surface area contributed by atoms with Gasteiger partial charge in [0.1, 0.15) is 25.1 Å². The number of hydrogen-bond acceptors (Lipinski definition) is 8. The van der Waals surface area contributed by atoms with Gasteiger partial charge in [0.05, 0.1) is 0 Å². The third-order valence-electron chi connectivity index (χ3n) is 5.37. The summed E-state index contributed by atoms with van der Waals surface area (Å²) in [5.41, 5.74) is 4.47. The van der Waals surface area contributed by atoms with Crippen LogP contribution in [-0.2, 0) is 17.6 Å². The van der Waals surface area contributed by atoms with Crippen molar-refractivity contribution in [3.63, 3.8) is 0 Å². The van der Waals surface area contributed by atoms with Crippen LogP contribution in [-0.4, -0.2) is 57.1 Å². The number of unbranched alkanes of at least 4 members (excludes halogenated alkanes) is 1. The van der Waals surface area contributed by atoms with Gasteiger partial charge in [-0.2, -0.15) is 4.98 Å². The van der Waals surface area contributed by atoms with Crippen molar-refractivity contribution in [1.29, 1.82) is 0 Å². The molecule has 9 heteroatoms. The highest BCUT2D eigenvalue weighted by Crippen LogP contribution is 2.31. The monoisotopic (exact) mass is 468 g/mol. The zero-order chi connectivity index (χ0) is 24.5. The Kier molecular flexibility index (Phi) is 9.12. The van der Waals surface area contributed by atoms with Gasteiger partial charge in [-0.3, -0.25) is 9.78 Å². The van der Waals surface area contributed by atoms with Crippen molar-refractivity contribution in [2.24, 2.45) is 0 Å². The summed E-state index contributed by atoms with van der Waals surface area (Å²) in [5, 5.41) is 25.4. The maximum atomic E-state index is 11.1. The fourth-order valence-corrected chi connectivity index (χ4v) is 3.54. The Morgan fingerprint density at radius 1 is 1.24 bits per heavy atom. The standard InChI is InChI=1S/C25H32N4O5/c1-4-6-7-20-12-18(8-9-26-20)25-28-24(29-34-25)19-10-16(3)23(17(5-2)11-19)33-15-21(31)13-27-22(32)14-30/h8-12,21,30-31H,4-7,13-15H2,1-3H3,(H,27,32)/t21-/m0/s1. The Morgan fingerprint density at radius 2 is 2.06 bits per heavy atom. The fourth-order valence-electron chi connectivity index (χ4n) is 3.54. The second kappa shape index (κ2) is 12.2. The van der Waals surface area contributed by atoms with Crippen molar-refractivity contribution in [3.8, 4) is 28.6 Å². The van der Waals surface area contributed by atoms with E-state index in [2.05, 4.69) is 27.4 Å². The van der Waals surface area contributed by atoms with E-state index in [0.717, 1.165) is 47.2 Å². The van der Waals surface area contributed by atoms with Gasteiger partial charge in [0.2, 0.25) is 11.7 Å². The summed E-state index contributed by atoms with van der Waals surface area (Å²) in [6.07, 6.45) is 4.66. The van der Waals surface area contributed by atoms with E-state index in [-0.39, 0.29) is 13.2 Å². The van der Waals surface area contributed by atoms with Gasteiger partial charge in [-0.15, -0.1) is 0 Å². The molecule has 0 saturated carbocycles. The molecule has 0 bridgehead atoms. The molecule has 34 heavy (non-hydrogen) atoms. The highest BCUT2D eigenvalue weighted by molar-refractivity contribution is 5.76. The molecule has 1 amide bonds. The molecule has 0 aliphatic rings. The van der Waals surface area contributed by atoms with Gasteiger partial charge in [0, 0.05) is 29.6 Å². The maximum Gasteiger partial charge on any atom is 0.258 e. The molecule has 1 aromatic carbocycles. The number of hydrogen-bond donors (Lipinski definition) is 3. The lowest BCUT2D eigenvalue weighted by atomic mass is 10.0. The minimum absolute atomic E-state index is 0.00121. The predicted molar refractivity (Wildman–Crippen MR) is 127 cm³/mol. The van der Waals surface area contributed by atoms with E-state index < -0.39 is 18.6 Å². The number of aliphatic hydroxyl groups is 2. The van der Waals surface area contributed by atoms with E-state index in [0.29, 0.717) is 23.9 Å². The zero-order valence-corrected chi connectivity index (χ0v) is 19.9. The van der Waals surface area contributed by atoms with E-state index in [1.807, 2.05) is 38.1 Å². The fraction of sp³-hybridized carbons (Fsp3) is 0.440. The third-order valence-corrected chi connectivity index (χ3v) is 5.37. The molecule has 0 aliphatic heterocycles. The summed E-state index contributed by atoms with van der Waals surface area (Å²) < 4.78 is 11.4. The number of aromatic nitrogens is 3. The number of carbonyl (C=O) groups is 1. The molecule has 3 aromatic rings. The molecule has 9 nitrogen and oxygen atoms in total. The number of carbonyl (C=O) groups excluding carboxylic acids is 1. The van der Waals surface area contributed by atoms with E-state index >= 15 is 0 Å². The molecule has 2 aromatic heterocycles. The molecular weight excluding hydrogens is 436 g/mol. The predicted octanol–water partition coefficient (Wildman–Crippen LogP) is 2.86. The molecular formula is C25H32N4O5. The summed E-state index contributed by atoms with van der Waals surface area (Å²) in [7, 11) is 0. The first-order chi connectivity index (χ1) is 16.4. The number of rotatable bonds is 12. The van der Waals surface area contributed by atoms with E-state index in [9.17, 15) is 9.90 Å². The Balaban J connectivity index is 1.75. The van der Waals surface area contributed by atoms with Crippen LogP contribution in [0, 0.1) is 6.92 Å². The number of nitrogens with zero attached hydrogens (tertiary/aromatic N) is 3. The second-order valence-electron chi connectivity index (χ2n) is 8.12. The Morgan fingerprint density at radius 3 is 2.79 bits per heavy atom. The average Bonchev–Trinajstić information content (AvgIpc) is 3.35. The van der Waals surface area contributed by atoms with E-state index in [1.165, 1.54) is 0 Å². The molecule has 182 valence electrons. The van der Waals surface area contributed by atoms with Gasteiger partial charge < -0.3 is 24.8 Å². The number of nitrogens with one attached hydrogen (secondary N) is 1. The van der Waals surface area contributed by atoms with E-state index in [4.69, 9.17) is 14.4 Å². The first-order valence-corrected chi connectivity index (χ1v) is 11.6. The lowest BCUT2D eigenvalue weighted by Crippen LogP contribution is -2.36. The Bertz CT molecular complexity index is 1100. The van der Waals surface area contributed by atoms with Crippen molar-refractivity contribution in [3.05, 3.63) is 47.3 Å². The summed E-state index contributed by atoms with van der Waals surface area (Å²) >= 11 is 0. The second-order valence-corrected chi connectivity index (χ2v) is 8.12. The van der Waals surface area contributed by atoms with Crippen molar-refractivity contribution in [2.75, 3.05) is 19.8 Å². The smallest absolute Gasteiger partial charge is 0.258 e. The number of benzene rings is 1. The highest BCUT2D eigenvalue weighted by Gasteiger charge is 2.16. The van der Waals surface area contributed by atoms with Crippen molar-refractivity contribution >= 4 is 5.91 Å². The molecule has 0 spiro atoms. The minimum Gasteiger partial charge on any atom is -0.490 e. The van der Waals surface area contributed by atoms with Crippen LogP contribution >= 0.6 is 0 Å². The molecule has 1 atom stereocenters. The topological polar surface area (TPSA) is 131 Å². The first kappa shape index (κ1) is 25.3. The number of ether oxygens (including phenoxy) is 1. The van der Waals surface area contributed by atoms with E-state index in [1.54, 1.807) is 6.20 Å². The molecule has 2 heterocycles. The minimum atomic E-state index is -0.901. The Hall–Kier alpha value is -3.30. The number of amides is 1. The molecule has 3 rings (SSSR count). The van der Waals surface area contributed by atoms with Gasteiger partial charge in [-0.1, -0.05) is 25.4 Å². The summed E-state index contributed by atoms with van der Waals surface area (Å²) in [4.78, 5) is 20.1. The maximum absolute atomic E-state index is 11.1. The third kappa shape index (κ3) is 6.61. The quantitative estimate of drug-likeness (QED) is 0.370. The summed E-state index contributed by atoms with van der Waals surface area (Å²) in [6.45, 7) is 5.47. The van der Waals surface area contributed by atoms with Crippen LogP contribution in [0.3, 0.4) is 0 Å². The summed E-state index contributed by atoms with van der Waals surface area (Å²) in [6, 6.07) is 7.72. The lowest BCUT2D eigenvalue weighted by molar-refractivity contribution is -0.124. The molecule has 0 radical (unpaired) electrons. The normalized spacial score (nSPS) is 11.9. The van der Waals surface area contributed by atoms with Gasteiger partial charge in [-0.05, 0) is 61.6 Å². The zero-order valence-electron chi connectivity index (χ0n) is 19.9. The number of aryl methyl sites for hydroxylation is 3. The lowest BCUT2D eigenvalue weighted by Gasteiger charge is -2.17. The van der Waals surface area contributed by atoms with Crippen LogP contribution in [0.5, 0.6) is 5.75 Å². The van der Waals surface area contributed by atoms with Crippen LogP contribution in [0.2, 0.25) is 0 Å². The SMILES string of the molecule is CCCCc1cc(-c2nc(-c3cc(C)c(OC[C@@H](O)CNC(=O)CO)c(CC)c3)no2)ccn1. The molecule has 3 N–H and O–H groups in total. The van der Waals surface area contributed by atoms with Crippen molar-refractivity contribution in [1.82, 2.24) is 20.4 Å². The molecule has 0 fully saturated rings. The number of pyridine rings is 1.